The fourth-order valence-corrected chi connectivity index (χ4v) is 1.72. The molecule has 0 spiro atoms. The summed E-state index contributed by atoms with van der Waals surface area (Å²) in [6.07, 6.45) is 0.00816. The predicted octanol–water partition coefficient (Wildman–Crippen LogP) is 2.48. The first-order chi connectivity index (χ1) is 5.70. The molecule has 12 heavy (non-hydrogen) atoms. The second-order valence-corrected chi connectivity index (χ2v) is 3.99. The van der Waals surface area contributed by atoms with Crippen LogP contribution in [0, 0.1) is 0 Å². The Bertz CT molecular complexity index is 256. The number of hydrogen-bond donors (Lipinski definition) is 0. The molecule has 0 saturated heterocycles. The molecule has 0 saturated carbocycles. The van der Waals surface area contributed by atoms with Crippen molar-refractivity contribution in [3.8, 4) is 0 Å². The van der Waals surface area contributed by atoms with E-state index < -0.39 is 8.03 Å². The van der Waals surface area contributed by atoms with Gasteiger partial charge in [-0.05, 0) is 30.5 Å². The lowest BCUT2D eigenvalue weighted by atomic mass is 10.4. The van der Waals surface area contributed by atoms with Crippen LogP contribution in [0.4, 0.5) is 0 Å². The third-order valence-electron chi connectivity index (χ3n) is 1.27. The molecule has 0 radical (unpaired) electrons. The normalized spacial score (nSPS) is 11.8. The molecule has 0 N–H and O–H groups in total. The average molecular weight is 183 g/mol. The SMILES string of the molecule is CC(C)O[P+](=O)c1ccccc1. The summed E-state index contributed by atoms with van der Waals surface area (Å²) in [5, 5.41) is 0.751. The van der Waals surface area contributed by atoms with Crippen molar-refractivity contribution in [3.63, 3.8) is 0 Å². The van der Waals surface area contributed by atoms with Crippen LogP contribution in [0.5, 0.6) is 0 Å². The van der Waals surface area contributed by atoms with E-state index in [2.05, 4.69) is 0 Å². The van der Waals surface area contributed by atoms with Crippen molar-refractivity contribution in [1.29, 1.82) is 0 Å². The molecule has 0 aromatic heterocycles. The van der Waals surface area contributed by atoms with Gasteiger partial charge in [0.1, 0.15) is 6.10 Å². The van der Waals surface area contributed by atoms with Gasteiger partial charge in [0.15, 0.2) is 0 Å². The number of rotatable bonds is 3. The zero-order valence-corrected chi connectivity index (χ0v) is 8.12. The summed E-state index contributed by atoms with van der Waals surface area (Å²) in [4.78, 5) is 0. The van der Waals surface area contributed by atoms with Gasteiger partial charge in [0.2, 0.25) is 5.30 Å². The Hall–Kier alpha value is -0.720. The molecule has 3 heteroatoms. The van der Waals surface area contributed by atoms with Gasteiger partial charge in [0, 0.05) is 0 Å². The van der Waals surface area contributed by atoms with Gasteiger partial charge < -0.3 is 0 Å². The van der Waals surface area contributed by atoms with Gasteiger partial charge >= 0.3 is 8.03 Å². The second-order valence-electron chi connectivity index (χ2n) is 2.75. The smallest absolute Gasteiger partial charge is 0.139 e. The molecule has 0 aliphatic heterocycles. The third kappa shape index (κ3) is 2.72. The van der Waals surface area contributed by atoms with Crippen LogP contribution in [-0.2, 0) is 9.09 Å². The molecule has 1 atom stereocenters. The molecule has 1 rings (SSSR count). The first-order valence-electron chi connectivity index (χ1n) is 3.89. The van der Waals surface area contributed by atoms with Crippen molar-refractivity contribution in [2.75, 3.05) is 0 Å². The van der Waals surface area contributed by atoms with E-state index in [0.717, 1.165) is 5.30 Å². The predicted molar refractivity (Wildman–Crippen MR) is 49.9 cm³/mol. The highest BCUT2D eigenvalue weighted by Crippen LogP contribution is 2.22. The van der Waals surface area contributed by atoms with Crippen molar-refractivity contribution in [2.45, 2.75) is 20.0 Å². The largest absolute Gasteiger partial charge is 0.548 e. The molecular formula is C9H12O2P+. The van der Waals surface area contributed by atoms with Crippen LogP contribution in [0.15, 0.2) is 30.3 Å². The minimum atomic E-state index is -1.67. The molecular weight excluding hydrogens is 171 g/mol. The van der Waals surface area contributed by atoms with Crippen molar-refractivity contribution >= 4 is 13.3 Å². The van der Waals surface area contributed by atoms with Gasteiger partial charge in [-0.25, -0.2) is 0 Å². The Morgan fingerprint density at radius 2 is 1.83 bits per heavy atom. The van der Waals surface area contributed by atoms with Gasteiger partial charge in [-0.1, -0.05) is 18.2 Å². The van der Waals surface area contributed by atoms with Crippen LogP contribution in [0.1, 0.15) is 13.8 Å². The molecule has 0 aliphatic carbocycles. The molecule has 64 valence electrons. The summed E-state index contributed by atoms with van der Waals surface area (Å²) in [5.74, 6) is 0. The summed E-state index contributed by atoms with van der Waals surface area (Å²) in [6.45, 7) is 3.74. The summed E-state index contributed by atoms with van der Waals surface area (Å²) < 4.78 is 16.5. The summed E-state index contributed by atoms with van der Waals surface area (Å²) >= 11 is 0. The fourth-order valence-electron chi connectivity index (χ4n) is 0.802. The fraction of sp³-hybridized carbons (Fsp3) is 0.333. The Morgan fingerprint density at radius 3 is 2.33 bits per heavy atom. The molecule has 1 aromatic carbocycles. The van der Waals surface area contributed by atoms with Gasteiger partial charge in [-0.3, -0.25) is 0 Å². The van der Waals surface area contributed by atoms with E-state index in [4.69, 9.17) is 4.52 Å². The maximum Gasteiger partial charge on any atom is 0.548 e. The lowest BCUT2D eigenvalue weighted by molar-refractivity contribution is 0.261. The lowest BCUT2D eigenvalue weighted by Gasteiger charge is -1.92. The van der Waals surface area contributed by atoms with Crippen LogP contribution in [0.2, 0.25) is 0 Å². The van der Waals surface area contributed by atoms with Crippen molar-refractivity contribution < 1.29 is 9.09 Å². The molecule has 0 fully saturated rings. The van der Waals surface area contributed by atoms with E-state index in [1.165, 1.54) is 0 Å². The van der Waals surface area contributed by atoms with Crippen LogP contribution < -0.4 is 5.30 Å². The highest BCUT2D eigenvalue weighted by molar-refractivity contribution is 7.48. The quantitative estimate of drug-likeness (QED) is 0.673. The van der Waals surface area contributed by atoms with Gasteiger partial charge in [0.05, 0.1) is 0 Å². The second kappa shape index (κ2) is 4.34. The average Bonchev–Trinajstić information content (AvgIpc) is 2.05. The standard InChI is InChI=1S/C9H12O2P/c1-8(2)11-12(10)9-6-4-3-5-7-9/h3-8H,1-2H3/q+1. The minimum Gasteiger partial charge on any atom is -0.139 e. The van der Waals surface area contributed by atoms with Crippen LogP contribution in [0.3, 0.4) is 0 Å². The molecule has 0 bridgehead atoms. The Morgan fingerprint density at radius 1 is 1.25 bits per heavy atom. The maximum atomic E-state index is 11.4. The lowest BCUT2D eigenvalue weighted by Crippen LogP contribution is -2.02. The zero-order chi connectivity index (χ0) is 8.97. The topological polar surface area (TPSA) is 26.3 Å². The van der Waals surface area contributed by atoms with Crippen LogP contribution >= 0.6 is 8.03 Å². The molecule has 1 aromatic rings. The molecule has 2 nitrogen and oxygen atoms in total. The van der Waals surface area contributed by atoms with Crippen LogP contribution in [0.25, 0.3) is 0 Å². The highest BCUT2D eigenvalue weighted by atomic mass is 31.1. The first kappa shape index (κ1) is 9.37. The number of benzene rings is 1. The van der Waals surface area contributed by atoms with Crippen molar-refractivity contribution in [2.24, 2.45) is 0 Å². The van der Waals surface area contributed by atoms with Gasteiger partial charge in [-0.15, -0.1) is 4.52 Å². The van der Waals surface area contributed by atoms with Crippen molar-refractivity contribution in [3.05, 3.63) is 30.3 Å². The van der Waals surface area contributed by atoms with Crippen molar-refractivity contribution in [1.82, 2.24) is 0 Å². The van der Waals surface area contributed by atoms with Gasteiger partial charge in [-0.2, -0.15) is 0 Å². The summed E-state index contributed by atoms with van der Waals surface area (Å²) in [7, 11) is -1.67. The van der Waals surface area contributed by atoms with E-state index in [0.29, 0.717) is 0 Å². The van der Waals surface area contributed by atoms with E-state index in [9.17, 15) is 4.57 Å². The molecule has 0 heterocycles. The summed E-state index contributed by atoms with van der Waals surface area (Å²) in [5.41, 5.74) is 0. The van der Waals surface area contributed by atoms with Crippen LogP contribution in [-0.4, -0.2) is 6.10 Å². The summed E-state index contributed by atoms with van der Waals surface area (Å²) in [6, 6.07) is 9.21. The van der Waals surface area contributed by atoms with Gasteiger partial charge in [0.25, 0.3) is 0 Å². The maximum absolute atomic E-state index is 11.4. The van der Waals surface area contributed by atoms with E-state index in [-0.39, 0.29) is 6.10 Å². The van der Waals surface area contributed by atoms with E-state index >= 15 is 0 Å². The third-order valence-corrected chi connectivity index (χ3v) is 2.61. The Kier molecular flexibility index (Phi) is 3.39. The minimum absolute atomic E-state index is 0.00816. The Balaban J connectivity index is 2.66. The first-order valence-corrected chi connectivity index (χ1v) is 5.07. The monoisotopic (exact) mass is 183 g/mol. The van der Waals surface area contributed by atoms with E-state index in [1.54, 1.807) is 12.1 Å². The van der Waals surface area contributed by atoms with E-state index in [1.807, 2.05) is 32.0 Å². The number of hydrogen-bond acceptors (Lipinski definition) is 2. The molecule has 0 amide bonds. The molecule has 1 unspecified atom stereocenters. The molecule has 0 aliphatic rings. The zero-order valence-electron chi connectivity index (χ0n) is 7.23. The highest BCUT2D eigenvalue weighted by Gasteiger charge is 2.22. The Labute approximate surface area is 73.4 Å².